The molecule has 58 valence electrons. The fourth-order valence-corrected chi connectivity index (χ4v) is 1.81. The van der Waals surface area contributed by atoms with Crippen molar-refractivity contribution in [2.24, 2.45) is 5.40 Å². The third kappa shape index (κ3) is 2.03. The van der Waals surface area contributed by atoms with Crippen LogP contribution in [0.2, 0.25) is 0 Å². The molecule has 0 saturated carbocycles. The zero-order chi connectivity index (χ0) is 8.10. The highest BCUT2D eigenvalue weighted by Crippen LogP contribution is 2.12. The molecule has 0 saturated heterocycles. The lowest BCUT2D eigenvalue weighted by Gasteiger charge is -2.07. The zero-order valence-corrected chi connectivity index (χ0v) is 7.95. The van der Waals surface area contributed by atoms with E-state index in [1.54, 1.807) is 0 Å². The van der Waals surface area contributed by atoms with Crippen molar-refractivity contribution in [3.05, 3.63) is 48.6 Å². The topological polar surface area (TPSA) is 26.0 Å². The molecule has 1 nitrogen and oxygen atoms in total. The van der Waals surface area contributed by atoms with E-state index in [0.717, 1.165) is 0 Å². The second-order valence-corrected chi connectivity index (χ2v) is 3.84. The summed E-state index contributed by atoms with van der Waals surface area (Å²) in [5.74, 6) is 0. The van der Waals surface area contributed by atoms with Gasteiger partial charge in [-0.3, -0.25) is 0 Å². The maximum atomic E-state index is 5.68. The molecule has 0 amide bonds. The molecule has 1 rings (SSSR count). The monoisotopic (exact) mass is 163 g/mol. The molecule has 0 radical (unpaired) electrons. The summed E-state index contributed by atoms with van der Waals surface area (Å²) >= 11 is 0. The second kappa shape index (κ2) is 4.11. The number of nitrogens with two attached hydrogens (primary N) is 1. The molecule has 1 unspecified atom stereocenters. The van der Waals surface area contributed by atoms with E-state index in [1.807, 2.05) is 24.3 Å². The summed E-state index contributed by atoms with van der Waals surface area (Å²) in [6, 6.07) is 10.3. The largest absolute Gasteiger partial charge is 0.355 e. The fourth-order valence-electron chi connectivity index (χ4n) is 1.07. The standard InChI is InChI=1S/C9H13NSi/c1-2-9(11-10)8-6-4-3-5-7-8/h2-7,9H,1,10-11H2. The molecule has 0 aromatic heterocycles. The van der Waals surface area contributed by atoms with Gasteiger partial charge in [-0.2, -0.15) is 0 Å². The van der Waals surface area contributed by atoms with Gasteiger partial charge in [-0.05, 0) is 5.56 Å². The Bertz CT molecular complexity index is 220. The van der Waals surface area contributed by atoms with Gasteiger partial charge in [-0.15, -0.1) is 6.58 Å². The van der Waals surface area contributed by atoms with Crippen molar-refractivity contribution in [2.45, 2.75) is 5.54 Å². The summed E-state index contributed by atoms with van der Waals surface area (Å²) in [5.41, 5.74) is 1.74. The van der Waals surface area contributed by atoms with Crippen LogP contribution < -0.4 is 5.40 Å². The van der Waals surface area contributed by atoms with E-state index in [-0.39, 0.29) is 0 Å². The maximum absolute atomic E-state index is 5.68. The molecule has 2 heteroatoms. The third-order valence-electron chi connectivity index (χ3n) is 1.77. The average molecular weight is 163 g/mol. The highest BCUT2D eigenvalue weighted by molar-refractivity contribution is 6.34. The Morgan fingerprint density at radius 1 is 1.36 bits per heavy atom. The third-order valence-corrected chi connectivity index (χ3v) is 3.08. The summed E-state index contributed by atoms with van der Waals surface area (Å²) in [5, 5.41) is 5.68. The van der Waals surface area contributed by atoms with Gasteiger partial charge in [0.15, 0.2) is 0 Å². The van der Waals surface area contributed by atoms with Crippen LogP contribution in [0.15, 0.2) is 43.0 Å². The molecule has 0 spiro atoms. The lowest BCUT2D eigenvalue weighted by molar-refractivity contribution is 1.19. The molecule has 1 aromatic rings. The maximum Gasteiger partial charge on any atom is 0.100 e. The van der Waals surface area contributed by atoms with Crippen molar-refractivity contribution >= 4 is 9.68 Å². The van der Waals surface area contributed by atoms with Crippen LogP contribution in [0.1, 0.15) is 11.1 Å². The molecular formula is C9H13NSi. The molecule has 0 bridgehead atoms. The van der Waals surface area contributed by atoms with Crippen molar-refractivity contribution in [2.75, 3.05) is 0 Å². The lowest BCUT2D eigenvalue weighted by atomic mass is 10.1. The van der Waals surface area contributed by atoms with Crippen LogP contribution in [-0.4, -0.2) is 9.68 Å². The van der Waals surface area contributed by atoms with E-state index < -0.39 is 9.68 Å². The lowest BCUT2D eigenvalue weighted by Crippen LogP contribution is -2.14. The summed E-state index contributed by atoms with van der Waals surface area (Å²) < 4.78 is 0. The molecule has 0 aliphatic heterocycles. The quantitative estimate of drug-likeness (QED) is 0.521. The number of rotatable bonds is 3. The number of allylic oxidation sites excluding steroid dienone is 1. The molecule has 11 heavy (non-hydrogen) atoms. The van der Waals surface area contributed by atoms with Gasteiger partial charge in [-0.25, -0.2) is 0 Å². The molecular weight excluding hydrogens is 150 g/mol. The Kier molecular flexibility index (Phi) is 3.07. The number of hydrogen-bond donors (Lipinski definition) is 1. The molecule has 0 fully saturated rings. The van der Waals surface area contributed by atoms with Crippen LogP contribution in [-0.2, 0) is 0 Å². The molecule has 0 aliphatic carbocycles. The number of hydrogen-bond acceptors (Lipinski definition) is 1. The van der Waals surface area contributed by atoms with Crippen molar-refractivity contribution in [3.63, 3.8) is 0 Å². The minimum absolute atomic E-state index is 0.441. The summed E-state index contributed by atoms with van der Waals surface area (Å²) in [4.78, 5) is 0. The Hall–Kier alpha value is -0.863. The van der Waals surface area contributed by atoms with Gasteiger partial charge in [0.1, 0.15) is 9.68 Å². The van der Waals surface area contributed by atoms with Crippen LogP contribution >= 0.6 is 0 Å². The van der Waals surface area contributed by atoms with Gasteiger partial charge in [-0.1, -0.05) is 36.4 Å². The van der Waals surface area contributed by atoms with E-state index >= 15 is 0 Å². The summed E-state index contributed by atoms with van der Waals surface area (Å²) in [6.07, 6.45) is 1.95. The van der Waals surface area contributed by atoms with Crippen molar-refractivity contribution in [1.29, 1.82) is 0 Å². The van der Waals surface area contributed by atoms with E-state index in [0.29, 0.717) is 5.54 Å². The van der Waals surface area contributed by atoms with Gasteiger partial charge in [0.25, 0.3) is 0 Å². The Labute approximate surface area is 69.8 Å². The normalized spacial score (nSPS) is 13.5. The van der Waals surface area contributed by atoms with Crippen LogP contribution in [0.25, 0.3) is 0 Å². The van der Waals surface area contributed by atoms with Crippen molar-refractivity contribution < 1.29 is 0 Å². The van der Waals surface area contributed by atoms with E-state index in [2.05, 4.69) is 18.7 Å². The molecule has 1 aromatic carbocycles. The molecule has 2 N–H and O–H groups in total. The minimum Gasteiger partial charge on any atom is -0.355 e. The first-order valence-electron chi connectivity index (χ1n) is 3.76. The SMILES string of the molecule is C=CC([SiH2]N)c1ccccc1. The first-order valence-corrected chi connectivity index (χ1v) is 5.39. The van der Waals surface area contributed by atoms with E-state index in [1.165, 1.54) is 5.56 Å². The Morgan fingerprint density at radius 2 is 2.00 bits per heavy atom. The molecule has 0 heterocycles. The van der Waals surface area contributed by atoms with Crippen LogP contribution in [0.5, 0.6) is 0 Å². The predicted molar refractivity (Wildman–Crippen MR) is 52.1 cm³/mol. The highest BCUT2D eigenvalue weighted by Gasteiger charge is 2.02. The van der Waals surface area contributed by atoms with Crippen LogP contribution in [0, 0.1) is 0 Å². The average Bonchev–Trinajstić information content (AvgIpc) is 2.09. The number of benzene rings is 1. The first-order chi connectivity index (χ1) is 5.38. The minimum atomic E-state index is -0.488. The zero-order valence-electron chi connectivity index (χ0n) is 6.53. The highest BCUT2D eigenvalue weighted by atomic mass is 28.2. The van der Waals surface area contributed by atoms with E-state index in [9.17, 15) is 0 Å². The van der Waals surface area contributed by atoms with E-state index in [4.69, 9.17) is 5.40 Å². The fraction of sp³-hybridized carbons (Fsp3) is 0.111. The summed E-state index contributed by atoms with van der Waals surface area (Å²) in [7, 11) is -0.488. The Balaban J connectivity index is 2.82. The smallest absolute Gasteiger partial charge is 0.100 e. The van der Waals surface area contributed by atoms with Gasteiger partial charge in [0, 0.05) is 5.54 Å². The van der Waals surface area contributed by atoms with Gasteiger partial charge >= 0.3 is 0 Å². The summed E-state index contributed by atoms with van der Waals surface area (Å²) in [6.45, 7) is 3.76. The van der Waals surface area contributed by atoms with Crippen LogP contribution in [0.4, 0.5) is 0 Å². The van der Waals surface area contributed by atoms with Gasteiger partial charge < -0.3 is 5.40 Å². The first kappa shape index (κ1) is 8.24. The van der Waals surface area contributed by atoms with Gasteiger partial charge in [0.05, 0.1) is 0 Å². The Morgan fingerprint density at radius 3 is 2.45 bits per heavy atom. The predicted octanol–water partition coefficient (Wildman–Crippen LogP) is 0.956. The van der Waals surface area contributed by atoms with Crippen LogP contribution in [0.3, 0.4) is 0 Å². The van der Waals surface area contributed by atoms with Crippen molar-refractivity contribution in [3.8, 4) is 0 Å². The van der Waals surface area contributed by atoms with Crippen molar-refractivity contribution in [1.82, 2.24) is 0 Å². The molecule has 1 atom stereocenters. The second-order valence-electron chi connectivity index (χ2n) is 2.49. The van der Waals surface area contributed by atoms with Gasteiger partial charge in [0.2, 0.25) is 0 Å². The molecule has 0 aliphatic rings.